The van der Waals surface area contributed by atoms with E-state index in [4.69, 9.17) is 9.52 Å². The third-order valence-corrected chi connectivity index (χ3v) is 3.91. The molecule has 0 bridgehead atoms. The molecule has 0 amide bonds. The Bertz CT molecular complexity index is 477. The van der Waals surface area contributed by atoms with E-state index >= 15 is 0 Å². The lowest BCUT2D eigenvalue weighted by Crippen LogP contribution is -2.23. The molecule has 0 atom stereocenters. The minimum Gasteiger partial charge on any atom is -0.475 e. The zero-order valence-corrected chi connectivity index (χ0v) is 10.3. The monoisotopic (exact) mass is 261 g/mol. The van der Waals surface area contributed by atoms with Gasteiger partial charge in [0.05, 0.1) is 12.3 Å². The number of carboxylic acids is 1. The molecular formula is C10H15NO5S. The van der Waals surface area contributed by atoms with Crippen LogP contribution in [0, 0.1) is 0 Å². The Morgan fingerprint density at radius 3 is 2.71 bits per heavy atom. The van der Waals surface area contributed by atoms with Gasteiger partial charge < -0.3 is 14.8 Å². The van der Waals surface area contributed by atoms with Gasteiger partial charge in [-0.25, -0.2) is 13.2 Å². The maximum absolute atomic E-state index is 11.2. The maximum Gasteiger partial charge on any atom is 0.371 e. The number of carbonyl (C=O) groups is 1. The summed E-state index contributed by atoms with van der Waals surface area (Å²) >= 11 is 0. The summed E-state index contributed by atoms with van der Waals surface area (Å²) in [5.74, 6) is -0.585. The highest BCUT2D eigenvalue weighted by Gasteiger charge is 2.09. The SMILES string of the molecule is CCS(=O)(=O)CCNCc1ccc(C(=O)O)o1. The number of hydrogen-bond donors (Lipinski definition) is 2. The average Bonchev–Trinajstić information content (AvgIpc) is 2.73. The van der Waals surface area contributed by atoms with Crippen LogP contribution < -0.4 is 5.32 Å². The molecule has 2 N–H and O–H groups in total. The Kier molecular flexibility index (Phi) is 4.71. The molecule has 0 fully saturated rings. The van der Waals surface area contributed by atoms with E-state index in [-0.39, 0.29) is 17.3 Å². The Balaban J connectivity index is 2.34. The Morgan fingerprint density at radius 2 is 2.18 bits per heavy atom. The molecule has 0 aliphatic rings. The van der Waals surface area contributed by atoms with Gasteiger partial charge in [0.25, 0.3) is 0 Å². The summed E-state index contributed by atoms with van der Waals surface area (Å²) < 4.78 is 27.3. The van der Waals surface area contributed by atoms with Gasteiger partial charge in [-0.3, -0.25) is 0 Å². The van der Waals surface area contributed by atoms with Gasteiger partial charge in [-0.15, -0.1) is 0 Å². The van der Waals surface area contributed by atoms with E-state index in [9.17, 15) is 13.2 Å². The second-order valence-corrected chi connectivity index (χ2v) is 5.96. The number of hydrogen-bond acceptors (Lipinski definition) is 5. The summed E-state index contributed by atoms with van der Waals surface area (Å²) in [7, 11) is -2.97. The quantitative estimate of drug-likeness (QED) is 0.694. The van der Waals surface area contributed by atoms with E-state index in [0.29, 0.717) is 18.8 Å². The number of carboxylic acid groups (broad SMARTS) is 1. The normalized spacial score (nSPS) is 11.6. The van der Waals surface area contributed by atoms with Crippen molar-refractivity contribution in [3.8, 4) is 0 Å². The van der Waals surface area contributed by atoms with Crippen LogP contribution in [0.3, 0.4) is 0 Å². The van der Waals surface area contributed by atoms with E-state index in [2.05, 4.69) is 5.32 Å². The van der Waals surface area contributed by atoms with E-state index < -0.39 is 15.8 Å². The van der Waals surface area contributed by atoms with Gasteiger partial charge in [-0.1, -0.05) is 6.92 Å². The summed E-state index contributed by atoms with van der Waals surface area (Å²) in [5, 5.41) is 11.5. The first-order valence-corrected chi connectivity index (χ1v) is 7.00. The molecule has 0 aromatic carbocycles. The molecule has 6 nitrogen and oxygen atoms in total. The molecule has 0 spiro atoms. The highest BCUT2D eigenvalue weighted by molar-refractivity contribution is 7.91. The summed E-state index contributed by atoms with van der Waals surface area (Å²) in [4.78, 5) is 10.5. The van der Waals surface area contributed by atoms with Crippen LogP contribution in [0.1, 0.15) is 23.2 Å². The lowest BCUT2D eigenvalue weighted by molar-refractivity contribution is 0.0660. The van der Waals surface area contributed by atoms with Crippen LogP contribution in [0.15, 0.2) is 16.5 Å². The van der Waals surface area contributed by atoms with Crippen LogP contribution in [0.2, 0.25) is 0 Å². The van der Waals surface area contributed by atoms with Gasteiger partial charge in [0.15, 0.2) is 9.84 Å². The van der Waals surface area contributed by atoms with Gasteiger partial charge >= 0.3 is 5.97 Å². The molecule has 0 saturated heterocycles. The first kappa shape index (κ1) is 13.7. The first-order valence-electron chi connectivity index (χ1n) is 5.18. The summed E-state index contributed by atoms with van der Waals surface area (Å²) in [6.45, 7) is 2.23. The van der Waals surface area contributed by atoms with Crippen molar-refractivity contribution in [3.63, 3.8) is 0 Å². The fraction of sp³-hybridized carbons (Fsp3) is 0.500. The van der Waals surface area contributed by atoms with Crippen LogP contribution in [0.5, 0.6) is 0 Å². The fourth-order valence-electron chi connectivity index (χ4n) is 1.17. The molecule has 0 unspecified atom stereocenters. The molecule has 0 aliphatic heterocycles. The highest BCUT2D eigenvalue weighted by atomic mass is 32.2. The maximum atomic E-state index is 11.2. The second-order valence-electron chi connectivity index (χ2n) is 3.48. The number of sulfone groups is 1. The molecule has 1 aromatic heterocycles. The average molecular weight is 261 g/mol. The zero-order chi connectivity index (χ0) is 12.9. The van der Waals surface area contributed by atoms with Crippen LogP contribution in [0.4, 0.5) is 0 Å². The lowest BCUT2D eigenvalue weighted by Gasteiger charge is -2.02. The largest absolute Gasteiger partial charge is 0.475 e. The number of nitrogens with one attached hydrogen (secondary N) is 1. The predicted molar refractivity (Wildman–Crippen MR) is 61.7 cm³/mol. The van der Waals surface area contributed by atoms with Crippen molar-refractivity contribution in [2.24, 2.45) is 0 Å². The standard InChI is InChI=1S/C10H15NO5S/c1-2-17(14,15)6-5-11-7-8-3-4-9(16-8)10(12)13/h3-4,11H,2,5-7H2,1H3,(H,12,13). The van der Waals surface area contributed by atoms with E-state index in [1.165, 1.54) is 6.07 Å². The molecule has 96 valence electrons. The third-order valence-electron chi connectivity index (χ3n) is 2.20. The van der Waals surface area contributed by atoms with Crippen molar-refractivity contribution in [1.82, 2.24) is 5.32 Å². The molecule has 0 aliphatic carbocycles. The van der Waals surface area contributed by atoms with Crippen LogP contribution >= 0.6 is 0 Å². The van der Waals surface area contributed by atoms with Gasteiger partial charge in [0, 0.05) is 12.3 Å². The van der Waals surface area contributed by atoms with Crippen LogP contribution in [-0.4, -0.2) is 37.5 Å². The molecule has 1 rings (SSSR count). The van der Waals surface area contributed by atoms with E-state index in [1.54, 1.807) is 13.0 Å². The highest BCUT2D eigenvalue weighted by Crippen LogP contribution is 2.07. The second kappa shape index (κ2) is 5.83. The van der Waals surface area contributed by atoms with Gasteiger partial charge in [-0.2, -0.15) is 0 Å². The van der Waals surface area contributed by atoms with Crippen molar-refractivity contribution in [3.05, 3.63) is 23.7 Å². The molecule has 0 saturated carbocycles. The van der Waals surface area contributed by atoms with Crippen LogP contribution in [-0.2, 0) is 16.4 Å². The minimum absolute atomic E-state index is 0.0655. The number of aromatic carboxylic acids is 1. The Morgan fingerprint density at radius 1 is 1.47 bits per heavy atom. The van der Waals surface area contributed by atoms with E-state index in [0.717, 1.165) is 0 Å². The lowest BCUT2D eigenvalue weighted by atomic mass is 10.4. The topological polar surface area (TPSA) is 96.6 Å². The van der Waals surface area contributed by atoms with E-state index in [1.807, 2.05) is 0 Å². The molecule has 0 radical (unpaired) electrons. The van der Waals surface area contributed by atoms with Gasteiger partial charge in [0.1, 0.15) is 5.76 Å². The number of rotatable bonds is 7. The summed E-state index contributed by atoms with van der Waals surface area (Å²) in [6.07, 6.45) is 0. The fourth-order valence-corrected chi connectivity index (χ4v) is 1.92. The molecule has 17 heavy (non-hydrogen) atoms. The summed E-state index contributed by atoms with van der Waals surface area (Å²) in [5.41, 5.74) is 0. The van der Waals surface area contributed by atoms with Crippen molar-refractivity contribution >= 4 is 15.8 Å². The van der Waals surface area contributed by atoms with Crippen molar-refractivity contribution in [2.75, 3.05) is 18.1 Å². The van der Waals surface area contributed by atoms with Crippen molar-refractivity contribution in [2.45, 2.75) is 13.5 Å². The number of furan rings is 1. The molecule has 1 heterocycles. The Hall–Kier alpha value is -1.34. The van der Waals surface area contributed by atoms with Gasteiger partial charge in [0.2, 0.25) is 5.76 Å². The Labute approximate surface area is 99.5 Å². The molecular weight excluding hydrogens is 246 g/mol. The molecule has 1 aromatic rings. The minimum atomic E-state index is -2.97. The summed E-state index contributed by atoms with van der Waals surface area (Å²) in [6, 6.07) is 2.91. The first-order chi connectivity index (χ1) is 7.94. The van der Waals surface area contributed by atoms with Crippen molar-refractivity contribution < 1.29 is 22.7 Å². The van der Waals surface area contributed by atoms with Crippen LogP contribution in [0.25, 0.3) is 0 Å². The smallest absolute Gasteiger partial charge is 0.371 e. The van der Waals surface area contributed by atoms with Gasteiger partial charge in [-0.05, 0) is 12.1 Å². The predicted octanol–water partition coefficient (Wildman–Crippen LogP) is 0.502. The van der Waals surface area contributed by atoms with Crippen molar-refractivity contribution in [1.29, 1.82) is 0 Å². The third kappa shape index (κ3) is 4.58. The molecule has 7 heteroatoms. The zero-order valence-electron chi connectivity index (χ0n) is 9.47.